The number of carbonyl (C=O) groups excluding carboxylic acids is 1. The van der Waals surface area contributed by atoms with Crippen LogP contribution in [0.25, 0.3) is 0 Å². The van der Waals surface area contributed by atoms with E-state index in [1.54, 1.807) is 20.1 Å². The molecular formula is C22H30ClN3O4S. The second-order valence-corrected chi connectivity index (χ2v) is 9.91. The Morgan fingerprint density at radius 1 is 1.19 bits per heavy atom. The van der Waals surface area contributed by atoms with Crippen LogP contribution in [0.3, 0.4) is 0 Å². The molecule has 1 aromatic carbocycles. The standard InChI is InChI=1S/C22H30ClN3O4S/c1-3-26(4-2)31(28,29)17-10-11-19(23)18(15-17)22(27)24-16-20(21-9-8-14-30-21)25-12-6-5-7-13-25/h8-11,14-15,20H,3-7,12-13,16H2,1-2H3,(H,24,27). The Morgan fingerprint density at radius 3 is 2.52 bits per heavy atom. The van der Waals surface area contributed by atoms with E-state index in [1.165, 1.54) is 28.9 Å². The van der Waals surface area contributed by atoms with E-state index in [4.69, 9.17) is 16.0 Å². The van der Waals surface area contributed by atoms with E-state index in [9.17, 15) is 13.2 Å². The molecule has 0 aliphatic carbocycles. The lowest BCUT2D eigenvalue weighted by Gasteiger charge is -2.33. The number of sulfonamides is 1. The fourth-order valence-electron chi connectivity index (χ4n) is 3.96. The number of likely N-dealkylation sites (tertiary alicyclic amines) is 1. The van der Waals surface area contributed by atoms with Gasteiger partial charge < -0.3 is 9.73 Å². The Bertz CT molecular complexity index is 969. The average molecular weight is 468 g/mol. The number of furan rings is 1. The first-order valence-electron chi connectivity index (χ1n) is 10.7. The molecule has 1 aromatic heterocycles. The van der Waals surface area contributed by atoms with Gasteiger partial charge in [-0.2, -0.15) is 4.31 Å². The normalized spacial score (nSPS) is 16.4. The summed E-state index contributed by atoms with van der Waals surface area (Å²) in [5, 5.41) is 3.14. The molecule has 170 valence electrons. The summed E-state index contributed by atoms with van der Waals surface area (Å²) >= 11 is 6.25. The second-order valence-electron chi connectivity index (χ2n) is 7.57. The fourth-order valence-corrected chi connectivity index (χ4v) is 5.64. The van der Waals surface area contributed by atoms with Gasteiger partial charge in [-0.05, 0) is 56.3 Å². The molecule has 2 heterocycles. The van der Waals surface area contributed by atoms with Gasteiger partial charge in [-0.3, -0.25) is 9.69 Å². The summed E-state index contributed by atoms with van der Waals surface area (Å²) in [6.45, 7) is 6.49. The van der Waals surface area contributed by atoms with Crippen molar-refractivity contribution in [1.82, 2.24) is 14.5 Å². The van der Waals surface area contributed by atoms with Crippen LogP contribution in [-0.2, 0) is 10.0 Å². The molecule has 0 spiro atoms. The van der Waals surface area contributed by atoms with E-state index in [-0.39, 0.29) is 21.5 Å². The van der Waals surface area contributed by atoms with Gasteiger partial charge in [-0.15, -0.1) is 0 Å². The SMILES string of the molecule is CCN(CC)S(=O)(=O)c1ccc(Cl)c(C(=O)NCC(c2ccco2)N2CCCCC2)c1. The van der Waals surface area contributed by atoms with E-state index in [0.29, 0.717) is 19.6 Å². The summed E-state index contributed by atoms with van der Waals surface area (Å²) in [5.74, 6) is 0.390. The van der Waals surface area contributed by atoms with E-state index < -0.39 is 15.9 Å². The Balaban J connectivity index is 1.79. The van der Waals surface area contributed by atoms with Crippen molar-refractivity contribution in [3.63, 3.8) is 0 Å². The molecule has 1 saturated heterocycles. The van der Waals surface area contributed by atoms with E-state index in [2.05, 4.69) is 10.2 Å². The molecule has 0 saturated carbocycles. The number of rotatable bonds is 9. The van der Waals surface area contributed by atoms with Gasteiger partial charge in [0.2, 0.25) is 10.0 Å². The highest BCUT2D eigenvalue weighted by Gasteiger charge is 2.27. The van der Waals surface area contributed by atoms with Crippen LogP contribution >= 0.6 is 11.6 Å². The van der Waals surface area contributed by atoms with Crippen LogP contribution in [0, 0.1) is 0 Å². The summed E-state index contributed by atoms with van der Waals surface area (Å²) in [5.41, 5.74) is 0.145. The van der Waals surface area contributed by atoms with Crippen molar-refractivity contribution in [1.29, 1.82) is 0 Å². The van der Waals surface area contributed by atoms with Crippen LogP contribution in [-0.4, -0.2) is 56.3 Å². The summed E-state index contributed by atoms with van der Waals surface area (Å²) in [7, 11) is -3.69. The Hall–Kier alpha value is -1.87. The number of carbonyl (C=O) groups is 1. The number of amides is 1. The molecule has 9 heteroatoms. The van der Waals surface area contributed by atoms with Crippen LogP contribution in [0.2, 0.25) is 5.02 Å². The first-order chi connectivity index (χ1) is 14.9. The molecule has 3 rings (SSSR count). The van der Waals surface area contributed by atoms with Gasteiger partial charge in [0.15, 0.2) is 0 Å². The van der Waals surface area contributed by atoms with Crippen molar-refractivity contribution in [2.75, 3.05) is 32.7 Å². The largest absolute Gasteiger partial charge is 0.468 e. The molecule has 1 aliphatic heterocycles. The van der Waals surface area contributed by atoms with Crippen molar-refractivity contribution < 1.29 is 17.6 Å². The second kappa shape index (κ2) is 10.6. The summed E-state index contributed by atoms with van der Waals surface area (Å²) in [4.78, 5) is 15.3. The van der Waals surface area contributed by atoms with Gasteiger partial charge in [0.25, 0.3) is 5.91 Å². The van der Waals surface area contributed by atoms with E-state index in [0.717, 1.165) is 31.7 Å². The minimum Gasteiger partial charge on any atom is -0.468 e. The topological polar surface area (TPSA) is 82.9 Å². The number of piperidine rings is 1. The Morgan fingerprint density at radius 2 is 1.90 bits per heavy atom. The smallest absolute Gasteiger partial charge is 0.252 e. The molecular weight excluding hydrogens is 438 g/mol. The number of hydrogen-bond acceptors (Lipinski definition) is 5. The zero-order valence-electron chi connectivity index (χ0n) is 18.0. The van der Waals surface area contributed by atoms with Crippen molar-refractivity contribution in [3.05, 3.63) is 52.9 Å². The van der Waals surface area contributed by atoms with Gasteiger partial charge in [-0.25, -0.2) is 8.42 Å². The minimum absolute atomic E-state index is 0.0596. The van der Waals surface area contributed by atoms with Crippen molar-refractivity contribution >= 4 is 27.5 Å². The van der Waals surface area contributed by atoms with Gasteiger partial charge in [0.05, 0.1) is 27.8 Å². The Labute approximate surface area is 189 Å². The molecule has 2 aromatic rings. The molecule has 31 heavy (non-hydrogen) atoms. The van der Waals surface area contributed by atoms with Crippen LogP contribution in [0.4, 0.5) is 0 Å². The first-order valence-corrected chi connectivity index (χ1v) is 12.6. The quantitative estimate of drug-likeness (QED) is 0.604. The number of nitrogens with zero attached hydrogens (tertiary/aromatic N) is 2. The molecule has 1 N–H and O–H groups in total. The maximum atomic E-state index is 13.0. The molecule has 1 fully saturated rings. The highest BCUT2D eigenvalue weighted by molar-refractivity contribution is 7.89. The van der Waals surface area contributed by atoms with Crippen LogP contribution in [0.1, 0.15) is 55.3 Å². The zero-order chi connectivity index (χ0) is 22.4. The summed E-state index contributed by atoms with van der Waals surface area (Å²) in [6, 6.07) is 7.92. The first kappa shape index (κ1) is 23.8. The summed E-state index contributed by atoms with van der Waals surface area (Å²) < 4.78 is 32.7. The van der Waals surface area contributed by atoms with Crippen LogP contribution < -0.4 is 5.32 Å². The monoisotopic (exact) mass is 467 g/mol. The summed E-state index contributed by atoms with van der Waals surface area (Å²) in [6.07, 6.45) is 5.06. The average Bonchev–Trinajstić information content (AvgIpc) is 3.30. The lowest BCUT2D eigenvalue weighted by Crippen LogP contribution is -2.40. The molecule has 0 radical (unpaired) electrons. The minimum atomic E-state index is -3.69. The van der Waals surface area contributed by atoms with Crippen molar-refractivity contribution in [2.24, 2.45) is 0 Å². The van der Waals surface area contributed by atoms with Gasteiger partial charge >= 0.3 is 0 Å². The van der Waals surface area contributed by atoms with Gasteiger partial charge in [0, 0.05) is 19.6 Å². The number of benzene rings is 1. The molecule has 1 aliphatic rings. The maximum Gasteiger partial charge on any atom is 0.252 e. The Kier molecular flexibility index (Phi) is 8.16. The lowest BCUT2D eigenvalue weighted by molar-refractivity contribution is 0.0914. The van der Waals surface area contributed by atoms with Crippen LogP contribution in [0.5, 0.6) is 0 Å². The number of nitrogens with one attached hydrogen (secondary N) is 1. The van der Waals surface area contributed by atoms with Crippen molar-refractivity contribution in [2.45, 2.75) is 44.0 Å². The van der Waals surface area contributed by atoms with E-state index in [1.807, 2.05) is 12.1 Å². The third-order valence-electron chi connectivity index (χ3n) is 5.68. The number of hydrogen-bond donors (Lipinski definition) is 1. The predicted molar refractivity (Wildman–Crippen MR) is 121 cm³/mol. The third-order valence-corrected chi connectivity index (χ3v) is 8.06. The zero-order valence-corrected chi connectivity index (χ0v) is 19.6. The fraction of sp³-hybridized carbons (Fsp3) is 0.500. The highest BCUT2D eigenvalue weighted by atomic mass is 35.5. The molecule has 0 bridgehead atoms. The predicted octanol–water partition coefficient (Wildman–Crippen LogP) is 3.92. The highest BCUT2D eigenvalue weighted by Crippen LogP contribution is 2.26. The van der Waals surface area contributed by atoms with Gasteiger partial charge in [-0.1, -0.05) is 31.9 Å². The van der Waals surface area contributed by atoms with Crippen LogP contribution in [0.15, 0.2) is 45.9 Å². The maximum absolute atomic E-state index is 13.0. The molecule has 1 amide bonds. The van der Waals surface area contributed by atoms with Gasteiger partial charge in [0.1, 0.15) is 5.76 Å². The molecule has 1 unspecified atom stereocenters. The van der Waals surface area contributed by atoms with E-state index >= 15 is 0 Å². The molecule has 1 atom stereocenters. The lowest BCUT2D eigenvalue weighted by atomic mass is 10.1. The number of halogens is 1. The third kappa shape index (κ3) is 5.49. The molecule has 7 nitrogen and oxygen atoms in total. The van der Waals surface area contributed by atoms with Crippen molar-refractivity contribution in [3.8, 4) is 0 Å².